The van der Waals surface area contributed by atoms with Crippen LogP contribution >= 0.6 is 0 Å². The summed E-state index contributed by atoms with van der Waals surface area (Å²) in [4.78, 5) is 8.87. The van der Waals surface area contributed by atoms with Crippen LogP contribution in [0.5, 0.6) is 5.75 Å². The molecular weight excluding hydrogens is 293 g/mol. The molecule has 23 heavy (non-hydrogen) atoms. The average molecular weight is 309 g/mol. The van der Waals surface area contributed by atoms with Crippen molar-refractivity contribution in [3.8, 4) is 5.75 Å². The molecule has 1 aromatic heterocycles. The Balaban J connectivity index is 1.71. The minimum atomic E-state index is -1.44. The second-order valence-electron chi connectivity index (χ2n) is 5.08. The minimum Gasteiger partial charge on any atom is -0.497 e. The molecule has 0 aliphatic rings. The number of hydrogen-bond acceptors (Lipinski definition) is 6. The van der Waals surface area contributed by atoms with Crippen LogP contribution < -0.4 is 15.5 Å². The third-order valence-corrected chi connectivity index (χ3v) is 3.50. The highest BCUT2D eigenvalue weighted by Gasteiger charge is 2.09. The van der Waals surface area contributed by atoms with Crippen LogP contribution in [0.15, 0.2) is 48.7 Å². The van der Waals surface area contributed by atoms with Crippen molar-refractivity contribution in [3.05, 3.63) is 54.2 Å². The zero-order valence-electron chi connectivity index (χ0n) is 12.6. The maximum absolute atomic E-state index is 9.07. The normalized spacial score (nSPS) is 10.6. The lowest BCUT2D eigenvalue weighted by Crippen LogP contribution is -2.29. The molecule has 0 spiro atoms. The summed E-state index contributed by atoms with van der Waals surface area (Å²) < 4.78 is 5.17. The van der Waals surface area contributed by atoms with Gasteiger partial charge in [0.15, 0.2) is 0 Å². The van der Waals surface area contributed by atoms with E-state index in [1.165, 1.54) is 0 Å². The van der Waals surface area contributed by atoms with Crippen molar-refractivity contribution in [1.82, 2.24) is 9.97 Å². The van der Waals surface area contributed by atoms with Gasteiger partial charge in [0.2, 0.25) is 0 Å². The van der Waals surface area contributed by atoms with E-state index in [9.17, 15) is 0 Å². The van der Waals surface area contributed by atoms with Crippen molar-refractivity contribution in [2.24, 2.45) is 0 Å². The molecular formula is C16H16BN3O3. The number of hydrogen-bond donors (Lipinski definition) is 3. The first-order chi connectivity index (χ1) is 11.2. The van der Waals surface area contributed by atoms with Gasteiger partial charge in [-0.15, -0.1) is 0 Å². The van der Waals surface area contributed by atoms with E-state index in [1.807, 2.05) is 30.3 Å². The number of rotatable bonds is 5. The van der Waals surface area contributed by atoms with E-state index < -0.39 is 7.12 Å². The molecule has 0 radical (unpaired) electrons. The molecule has 0 atom stereocenters. The number of nitrogens with one attached hydrogen (secondary N) is 1. The Morgan fingerprint density at radius 1 is 1.09 bits per heavy atom. The van der Waals surface area contributed by atoms with Gasteiger partial charge in [0.1, 0.15) is 11.6 Å². The maximum Gasteiger partial charge on any atom is 0.488 e. The maximum atomic E-state index is 9.07. The molecule has 3 rings (SSSR count). The predicted molar refractivity (Wildman–Crippen MR) is 89.7 cm³/mol. The van der Waals surface area contributed by atoms with Crippen molar-refractivity contribution in [2.75, 3.05) is 12.4 Å². The van der Waals surface area contributed by atoms with Crippen molar-refractivity contribution in [2.45, 2.75) is 6.54 Å². The highest BCUT2D eigenvalue weighted by atomic mass is 16.5. The second kappa shape index (κ2) is 6.64. The average Bonchev–Trinajstić information content (AvgIpc) is 2.59. The highest BCUT2D eigenvalue weighted by Crippen LogP contribution is 2.18. The molecule has 7 heteroatoms. The number of fused-ring (bicyclic) bond motifs is 1. The van der Waals surface area contributed by atoms with E-state index in [4.69, 9.17) is 14.8 Å². The number of methoxy groups -OCH3 is 1. The number of benzene rings is 2. The van der Waals surface area contributed by atoms with E-state index in [0.29, 0.717) is 17.8 Å². The van der Waals surface area contributed by atoms with Gasteiger partial charge in [-0.2, -0.15) is 0 Å². The molecule has 0 saturated carbocycles. The third-order valence-electron chi connectivity index (χ3n) is 3.50. The van der Waals surface area contributed by atoms with Gasteiger partial charge in [-0.1, -0.05) is 24.3 Å². The topological polar surface area (TPSA) is 87.5 Å². The summed E-state index contributed by atoms with van der Waals surface area (Å²) in [5, 5.41) is 21.3. The van der Waals surface area contributed by atoms with Crippen LogP contribution in [0.3, 0.4) is 0 Å². The fourth-order valence-corrected chi connectivity index (χ4v) is 2.20. The van der Waals surface area contributed by atoms with Gasteiger partial charge in [-0.05, 0) is 23.2 Å². The van der Waals surface area contributed by atoms with Crippen LogP contribution in [-0.2, 0) is 6.54 Å². The van der Waals surface area contributed by atoms with Gasteiger partial charge < -0.3 is 20.1 Å². The van der Waals surface area contributed by atoms with Gasteiger partial charge in [0.05, 0.1) is 24.3 Å². The molecule has 3 aromatic rings. The van der Waals surface area contributed by atoms with Crippen LogP contribution in [0.4, 0.5) is 5.82 Å². The second-order valence-corrected chi connectivity index (χ2v) is 5.08. The zero-order valence-corrected chi connectivity index (χ0v) is 12.6. The molecule has 0 amide bonds. The zero-order chi connectivity index (χ0) is 16.2. The highest BCUT2D eigenvalue weighted by molar-refractivity contribution is 6.58. The monoisotopic (exact) mass is 309 g/mol. The largest absolute Gasteiger partial charge is 0.497 e. The third kappa shape index (κ3) is 3.58. The fraction of sp³-hybridized carbons (Fsp3) is 0.125. The lowest BCUT2D eigenvalue weighted by molar-refractivity contribution is 0.415. The Hall–Kier alpha value is -2.64. The molecule has 0 aliphatic heterocycles. The molecule has 0 aliphatic carbocycles. The summed E-state index contributed by atoms with van der Waals surface area (Å²) in [6.07, 6.45) is 1.67. The first-order valence-corrected chi connectivity index (χ1v) is 7.15. The first-order valence-electron chi connectivity index (χ1n) is 7.15. The Kier molecular flexibility index (Phi) is 4.41. The lowest BCUT2D eigenvalue weighted by Gasteiger charge is -2.08. The molecule has 3 N–H and O–H groups in total. The molecule has 116 valence electrons. The standard InChI is InChI=1S/C16H16BN3O3/c1-23-13-6-7-14-15(8-13)18-10-16(20-14)19-9-11-2-4-12(5-3-11)17(21)22/h2-8,10,21-22H,9H2,1H3,(H,19,20). The molecule has 0 unspecified atom stereocenters. The summed E-state index contributed by atoms with van der Waals surface area (Å²) in [7, 11) is 0.173. The Labute approximate surface area is 133 Å². The Bertz CT molecular complexity index is 809. The van der Waals surface area contributed by atoms with Crippen molar-refractivity contribution < 1.29 is 14.8 Å². The lowest BCUT2D eigenvalue weighted by atomic mass is 9.80. The molecule has 6 nitrogen and oxygen atoms in total. The molecule has 1 heterocycles. The predicted octanol–water partition coefficient (Wildman–Crippen LogP) is 0.930. The number of ether oxygens (including phenoxy) is 1. The van der Waals surface area contributed by atoms with Gasteiger partial charge >= 0.3 is 7.12 Å². The summed E-state index contributed by atoms with van der Waals surface area (Å²) in [6, 6.07) is 12.6. The van der Waals surface area contributed by atoms with Crippen LogP contribution in [0.2, 0.25) is 0 Å². The van der Waals surface area contributed by atoms with Crippen molar-refractivity contribution >= 4 is 29.4 Å². The van der Waals surface area contributed by atoms with Crippen LogP contribution in [0.1, 0.15) is 5.56 Å². The number of anilines is 1. The van der Waals surface area contributed by atoms with Crippen molar-refractivity contribution in [1.29, 1.82) is 0 Å². The van der Waals surface area contributed by atoms with E-state index in [-0.39, 0.29) is 0 Å². The van der Waals surface area contributed by atoms with Gasteiger partial charge in [0.25, 0.3) is 0 Å². The van der Waals surface area contributed by atoms with E-state index in [0.717, 1.165) is 22.3 Å². The quantitative estimate of drug-likeness (QED) is 0.608. The Morgan fingerprint density at radius 2 is 1.87 bits per heavy atom. The number of nitrogens with zero attached hydrogens (tertiary/aromatic N) is 2. The molecule has 0 bridgehead atoms. The van der Waals surface area contributed by atoms with E-state index in [1.54, 1.807) is 25.4 Å². The summed E-state index contributed by atoms with van der Waals surface area (Å²) in [6.45, 7) is 0.568. The van der Waals surface area contributed by atoms with Gasteiger partial charge in [-0.25, -0.2) is 4.98 Å². The van der Waals surface area contributed by atoms with E-state index in [2.05, 4.69) is 15.3 Å². The summed E-state index contributed by atoms with van der Waals surface area (Å²) in [5.41, 5.74) is 3.03. The molecule has 0 saturated heterocycles. The summed E-state index contributed by atoms with van der Waals surface area (Å²) in [5.74, 6) is 1.42. The van der Waals surface area contributed by atoms with Crippen LogP contribution in [0.25, 0.3) is 11.0 Å². The smallest absolute Gasteiger partial charge is 0.488 e. The van der Waals surface area contributed by atoms with Gasteiger partial charge in [-0.3, -0.25) is 4.98 Å². The van der Waals surface area contributed by atoms with Gasteiger partial charge in [0, 0.05) is 12.6 Å². The SMILES string of the molecule is COc1ccc2nc(NCc3ccc(B(O)O)cc3)cnc2c1. The van der Waals surface area contributed by atoms with Crippen molar-refractivity contribution in [3.63, 3.8) is 0 Å². The van der Waals surface area contributed by atoms with E-state index >= 15 is 0 Å². The number of aromatic nitrogens is 2. The summed E-state index contributed by atoms with van der Waals surface area (Å²) >= 11 is 0. The van der Waals surface area contributed by atoms with Crippen LogP contribution in [0, 0.1) is 0 Å². The minimum absolute atomic E-state index is 0.466. The molecule has 2 aromatic carbocycles. The fourth-order valence-electron chi connectivity index (χ4n) is 2.20. The Morgan fingerprint density at radius 3 is 2.57 bits per heavy atom. The van der Waals surface area contributed by atoms with Crippen LogP contribution in [-0.4, -0.2) is 34.2 Å². The molecule has 0 fully saturated rings. The first kappa shape index (κ1) is 15.3.